The minimum absolute atomic E-state index is 0.0882. The summed E-state index contributed by atoms with van der Waals surface area (Å²) in [5, 5.41) is 8.01. The molecule has 0 saturated heterocycles. The zero-order chi connectivity index (χ0) is 19.0. The molecule has 3 N–H and O–H groups in total. The van der Waals surface area contributed by atoms with Crippen molar-refractivity contribution in [3.8, 4) is 0 Å². The van der Waals surface area contributed by atoms with Gasteiger partial charge in [0.05, 0.1) is 19.4 Å². The van der Waals surface area contributed by atoms with Crippen molar-refractivity contribution in [2.75, 3.05) is 11.9 Å². The molecule has 2 rings (SSSR count). The van der Waals surface area contributed by atoms with Gasteiger partial charge in [0.15, 0.2) is 0 Å². The van der Waals surface area contributed by atoms with Crippen molar-refractivity contribution in [3.05, 3.63) is 54.0 Å². The minimum atomic E-state index is -0.442. The first kappa shape index (κ1) is 19.5. The average molecular weight is 359 g/mol. The van der Waals surface area contributed by atoms with Crippen molar-refractivity contribution in [1.29, 1.82) is 0 Å². The standard InChI is InChI=1S/C19H25N3O4/c1-19(2,3)22-17(23)11-20-18(24)21-15-7-4-6-14(10-15)12-25-13-16-8-5-9-26-16/h4-10H,11-13H2,1-3H3,(H,22,23)(H2,20,21,24). The Bertz CT molecular complexity index is 721. The SMILES string of the molecule is CC(C)(C)NC(=O)CNC(=O)Nc1cccc(COCc2ccco2)c1. The molecule has 1 heterocycles. The molecule has 0 aliphatic carbocycles. The highest BCUT2D eigenvalue weighted by Crippen LogP contribution is 2.12. The van der Waals surface area contributed by atoms with Gasteiger partial charge in [-0.2, -0.15) is 0 Å². The zero-order valence-corrected chi connectivity index (χ0v) is 15.3. The molecule has 0 unspecified atom stereocenters. The van der Waals surface area contributed by atoms with Gasteiger partial charge in [-0.05, 0) is 50.6 Å². The van der Waals surface area contributed by atoms with Crippen LogP contribution < -0.4 is 16.0 Å². The van der Waals surface area contributed by atoms with E-state index in [4.69, 9.17) is 9.15 Å². The lowest BCUT2D eigenvalue weighted by Crippen LogP contribution is -2.46. The Balaban J connectivity index is 1.76. The summed E-state index contributed by atoms with van der Waals surface area (Å²) in [6.45, 7) is 6.33. The van der Waals surface area contributed by atoms with E-state index in [-0.39, 0.29) is 18.0 Å². The first-order valence-corrected chi connectivity index (χ1v) is 8.37. The number of rotatable bonds is 7. The van der Waals surface area contributed by atoms with Crippen LogP contribution in [0.4, 0.5) is 10.5 Å². The summed E-state index contributed by atoms with van der Waals surface area (Å²) < 4.78 is 10.8. The van der Waals surface area contributed by atoms with Crippen molar-refractivity contribution in [2.45, 2.75) is 39.5 Å². The molecule has 0 aliphatic rings. The summed E-state index contributed by atoms with van der Waals surface area (Å²) in [6.07, 6.45) is 1.60. The number of benzene rings is 1. The monoisotopic (exact) mass is 359 g/mol. The number of urea groups is 1. The van der Waals surface area contributed by atoms with E-state index in [9.17, 15) is 9.59 Å². The Labute approximate surface area is 153 Å². The van der Waals surface area contributed by atoms with Gasteiger partial charge in [-0.1, -0.05) is 12.1 Å². The van der Waals surface area contributed by atoms with Gasteiger partial charge in [0.2, 0.25) is 5.91 Å². The molecule has 140 valence electrons. The molecule has 0 spiro atoms. The molecular formula is C19H25N3O4. The third kappa shape index (κ3) is 7.40. The lowest BCUT2D eigenvalue weighted by Gasteiger charge is -2.20. The van der Waals surface area contributed by atoms with Gasteiger partial charge in [-0.25, -0.2) is 4.79 Å². The molecule has 0 bridgehead atoms. The normalized spacial score (nSPS) is 11.0. The first-order valence-electron chi connectivity index (χ1n) is 8.37. The second kappa shape index (κ2) is 9.05. The van der Waals surface area contributed by atoms with Crippen LogP contribution in [-0.2, 0) is 22.7 Å². The van der Waals surface area contributed by atoms with E-state index in [0.29, 0.717) is 18.9 Å². The largest absolute Gasteiger partial charge is 0.467 e. The predicted molar refractivity (Wildman–Crippen MR) is 98.6 cm³/mol. The Kier molecular flexibility index (Phi) is 6.80. The van der Waals surface area contributed by atoms with Crippen molar-refractivity contribution in [2.24, 2.45) is 0 Å². The average Bonchev–Trinajstić information content (AvgIpc) is 3.05. The molecule has 0 aliphatic heterocycles. The fourth-order valence-corrected chi connectivity index (χ4v) is 2.20. The molecule has 7 heteroatoms. The maximum Gasteiger partial charge on any atom is 0.319 e. The maximum atomic E-state index is 11.9. The number of anilines is 1. The van der Waals surface area contributed by atoms with Gasteiger partial charge in [-0.3, -0.25) is 4.79 Å². The molecular weight excluding hydrogens is 334 g/mol. The van der Waals surface area contributed by atoms with E-state index in [0.717, 1.165) is 11.3 Å². The van der Waals surface area contributed by atoms with Crippen molar-refractivity contribution >= 4 is 17.6 Å². The Morgan fingerprint density at radius 3 is 2.62 bits per heavy atom. The van der Waals surface area contributed by atoms with Crippen LogP contribution >= 0.6 is 0 Å². The molecule has 0 atom stereocenters. The fraction of sp³-hybridized carbons (Fsp3) is 0.368. The molecule has 7 nitrogen and oxygen atoms in total. The second-order valence-corrected chi connectivity index (χ2v) is 6.88. The number of carbonyl (C=O) groups excluding carboxylic acids is 2. The highest BCUT2D eigenvalue weighted by atomic mass is 16.5. The lowest BCUT2D eigenvalue weighted by atomic mass is 10.1. The Morgan fingerprint density at radius 1 is 1.12 bits per heavy atom. The fourth-order valence-electron chi connectivity index (χ4n) is 2.20. The Morgan fingerprint density at radius 2 is 1.92 bits per heavy atom. The van der Waals surface area contributed by atoms with Gasteiger partial charge in [0, 0.05) is 11.2 Å². The smallest absolute Gasteiger partial charge is 0.319 e. The highest BCUT2D eigenvalue weighted by Gasteiger charge is 2.14. The zero-order valence-electron chi connectivity index (χ0n) is 15.3. The highest BCUT2D eigenvalue weighted by molar-refractivity contribution is 5.92. The van der Waals surface area contributed by atoms with Crippen LogP contribution in [0.5, 0.6) is 0 Å². The van der Waals surface area contributed by atoms with E-state index in [1.54, 1.807) is 12.3 Å². The number of amides is 3. The molecule has 0 radical (unpaired) electrons. The molecule has 3 amide bonds. The van der Waals surface area contributed by atoms with Crippen molar-refractivity contribution < 1.29 is 18.7 Å². The first-order chi connectivity index (χ1) is 12.3. The van der Waals surface area contributed by atoms with Crippen LogP contribution in [0, 0.1) is 0 Å². The molecule has 0 fully saturated rings. The number of nitrogens with one attached hydrogen (secondary N) is 3. The van der Waals surface area contributed by atoms with E-state index < -0.39 is 6.03 Å². The summed E-state index contributed by atoms with van der Waals surface area (Å²) in [5.74, 6) is 0.514. The van der Waals surface area contributed by atoms with E-state index in [1.807, 2.05) is 51.1 Å². The minimum Gasteiger partial charge on any atom is -0.467 e. The van der Waals surface area contributed by atoms with E-state index >= 15 is 0 Å². The summed E-state index contributed by atoms with van der Waals surface area (Å²) in [4.78, 5) is 23.6. The van der Waals surface area contributed by atoms with E-state index in [2.05, 4.69) is 16.0 Å². The third-order valence-electron chi connectivity index (χ3n) is 3.20. The summed E-state index contributed by atoms with van der Waals surface area (Å²) in [7, 11) is 0. The molecule has 2 aromatic rings. The second-order valence-electron chi connectivity index (χ2n) is 6.88. The van der Waals surface area contributed by atoms with Gasteiger partial charge in [-0.15, -0.1) is 0 Å². The Hall–Kier alpha value is -2.80. The maximum absolute atomic E-state index is 11.9. The van der Waals surface area contributed by atoms with Crippen LogP contribution in [0.2, 0.25) is 0 Å². The number of furan rings is 1. The van der Waals surface area contributed by atoms with Crippen molar-refractivity contribution in [1.82, 2.24) is 10.6 Å². The lowest BCUT2D eigenvalue weighted by molar-refractivity contribution is -0.121. The number of hydrogen-bond donors (Lipinski definition) is 3. The van der Waals surface area contributed by atoms with Crippen LogP contribution in [0.25, 0.3) is 0 Å². The predicted octanol–water partition coefficient (Wildman–Crippen LogP) is 3.03. The summed E-state index contributed by atoms with van der Waals surface area (Å²) >= 11 is 0. The van der Waals surface area contributed by atoms with Crippen LogP contribution in [0.15, 0.2) is 47.1 Å². The van der Waals surface area contributed by atoms with Gasteiger partial charge in [0.25, 0.3) is 0 Å². The van der Waals surface area contributed by atoms with E-state index in [1.165, 1.54) is 0 Å². The van der Waals surface area contributed by atoms with Gasteiger partial charge < -0.3 is 25.1 Å². The molecule has 1 aromatic carbocycles. The third-order valence-corrected chi connectivity index (χ3v) is 3.20. The van der Waals surface area contributed by atoms with Crippen LogP contribution in [0.3, 0.4) is 0 Å². The topological polar surface area (TPSA) is 92.6 Å². The number of carbonyl (C=O) groups is 2. The summed E-state index contributed by atoms with van der Waals surface area (Å²) in [5.41, 5.74) is 1.21. The molecule has 0 saturated carbocycles. The van der Waals surface area contributed by atoms with Crippen LogP contribution in [0.1, 0.15) is 32.1 Å². The van der Waals surface area contributed by atoms with Crippen LogP contribution in [-0.4, -0.2) is 24.0 Å². The van der Waals surface area contributed by atoms with Gasteiger partial charge >= 0.3 is 6.03 Å². The summed E-state index contributed by atoms with van der Waals surface area (Å²) in [6, 6.07) is 10.5. The molecule has 26 heavy (non-hydrogen) atoms. The quantitative estimate of drug-likeness (QED) is 0.708. The number of ether oxygens (including phenoxy) is 1. The van der Waals surface area contributed by atoms with Gasteiger partial charge in [0.1, 0.15) is 12.4 Å². The van der Waals surface area contributed by atoms with Crippen molar-refractivity contribution in [3.63, 3.8) is 0 Å². The molecule has 1 aromatic heterocycles. The number of hydrogen-bond acceptors (Lipinski definition) is 4.